The maximum Gasteiger partial charge on any atom is 0.133 e. The summed E-state index contributed by atoms with van der Waals surface area (Å²) in [6.07, 6.45) is 1.48. The number of hydrogen-bond acceptors (Lipinski definition) is 4. The summed E-state index contributed by atoms with van der Waals surface area (Å²) >= 11 is 3.36. The van der Waals surface area contributed by atoms with E-state index < -0.39 is 0 Å². The lowest BCUT2D eigenvalue weighted by Gasteiger charge is -2.31. The van der Waals surface area contributed by atoms with Gasteiger partial charge in [-0.25, -0.2) is 4.98 Å². The number of aliphatic hydroxyl groups is 1. The zero-order valence-corrected chi connectivity index (χ0v) is 11.6. The summed E-state index contributed by atoms with van der Waals surface area (Å²) in [5.74, 6) is 0. The van der Waals surface area contributed by atoms with Crippen molar-refractivity contribution in [2.24, 2.45) is 5.41 Å². The van der Waals surface area contributed by atoms with Crippen LogP contribution < -0.4 is 0 Å². The van der Waals surface area contributed by atoms with Crippen molar-refractivity contribution in [3.8, 4) is 9.88 Å². The Balaban J connectivity index is 2.04. The average Bonchev–Trinajstić information content (AvgIpc) is 2.81. The molecule has 1 aliphatic rings. The fourth-order valence-electron chi connectivity index (χ4n) is 2.40. The molecule has 2 heterocycles. The molecule has 4 heteroatoms. The van der Waals surface area contributed by atoms with E-state index in [2.05, 4.69) is 25.3 Å². The Kier molecular flexibility index (Phi) is 2.61. The zero-order chi connectivity index (χ0) is 12.0. The molecule has 3 rings (SSSR count). The smallest absolute Gasteiger partial charge is 0.133 e. The van der Waals surface area contributed by atoms with Gasteiger partial charge in [0, 0.05) is 0 Å². The van der Waals surface area contributed by atoms with E-state index in [9.17, 15) is 5.11 Å². The molecule has 0 fully saturated rings. The minimum Gasteiger partial charge on any atom is -0.387 e. The Hall–Kier alpha value is -0.710. The fraction of sp³-hybridized carbons (Fsp3) is 0.462. The molecule has 1 N–H and O–H groups in total. The molecule has 1 atom stereocenters. The number of thiazole rings is 1. The van der Waals surface area contributed by atoms with Crippen LogP contribution in [-0.4, -0.2) is 10.1 Å². The number of fused-ring (bicyclic) bond motifs is 1. The molecule has 0 amide bonds. The molecule has 0 saturated heterocycles. The first-order valence-electron chi connectivity index (χ1n) is 5.77. The average molecular weight is 265 g/mol. The van der Waals surface area contributed by atoms with Gasteiger partial charge in [0.2, 0.25) is 0 Å². The highest BCUT2D eigenvalue weighted by Crippen LogP contribution is 2.45. The van der Waals surface area contributed by atoms with Crippen molar-refractivity contribution in [1.29, 1.82) is 0 Å². The zero-order valence-electron chi connectivity index (χ0n) is 9.93. The van der Waals surface area contributed by atoms with Gasteiger partial charge in [-0.3, -0.25) is 0 Å². The molecule has 1 unspecified atom stereocenters. The van der Waals surface area contributed by atoms with E-state index >= 15 is 0 Å². The molecule has 0 radical (unpaired) electrons. The molecule has 2 nitrogen and oxygen atoms in total. The van der Waals surface area contributed by atoms with Gasteiger partial charge in [-0.05, 0) is 29.7 Å². The highest BCUT2D eigenvalue weighted by Gasteiger charge is 2.34. The van der Waals surface area contributed by atoms with Crippen LogP contribution in [0.25, 0.3) is 9.88 Å². The van der Waals surface area contributed by atoms with Crippen LogP contribution in [0.15, 0.2) is 17.5 Å². The lowest BCUT2D eigenvalue weighted by atomic mass is 9.77. The maximum absolute atomic E-state index is 10.2. The molecular weight excluding hydrogens is 250 g/mol. The third-order valence-corrected chi connectivity index (χ3v) is 5.39. The van der Waals surface area contributed by atoms with E-state index in [4.69, 9.17) is 4.98 Å². The Morgan fingerprint density at radius 2 is 2.29 bits per heavy atom. The number of thiophene rings is 1. The van der Waals surface area contributed by atoms with Crippen LogP contribution in [0.4, 0.5) is 0 Å². The van der Waals surface area contributed by atoms with Crippen LogP contribution in [0.1, 0.15) is 36.9 Å². The van der Waals surface area contributed by atoms with Gasteiger partial charge in [0.25, 0.3) is 0 Å². The molecule has 0 aliphatic heterocycles. The number of nitrogens with zero attached hydrogens (tertiary/aromatic N) is 1. The third kappa shape index (κ3) is 2.05. The molecule has 0 aromatic carbocycles. The number of rotatable bonds is 1. The van der Waals surface area contributed by atoms with Crippen LogP contribution in [-0.2, 0) is 6.42 Å². The Bertz CT molecular complexity index is 528. The van der Waals surface area contributed by atoms with Gasteiger partial charge in [0.05, 0.1) is 21.6 Å². The summed E-state index contributed by atoms with van der Waals surface area (Å²) in [6, 6.07) is 4.13. The summed E-state index contributed by atoms with van der Waals surface area (Å²) in [6.45, 7) is 4.40. The lowest BCUT2D eigenvalue weighted by molar-refractivity contribution is 0.102. The second-order valence-electron chi connectivity index (χ2n) is 5.37. The summed E-state index contributed by atoms with van der Waals surface area (Å²) in [5.41, 5.74) is 1.26. The maximum atomic E-state index is 10.2. The van der Waals surface area contributed by atoms with E-state index in [1.807, 2.05) is 6.07 Å². The normalized spacial score (nSPS) is 22.4. The van der Waals surface area contributed by atoms with Crippen molar-refractivity contribution >= 4 is 22.7 Å². The number of aromatic nitrogens is 1. The molecule has 0 saturated carbocycles. The second-order valence-corrected chi connectivity index (χ2v) is 7.35. The van der Waals surface area contributed by atoms with Gasteiger partial charge in [0.15, 0.2) is 0 Å². The van der Waals surface area contributed by atoms with Crippen molar-refractivity contribution in [3.63, 3.8) is 0 Å². The quantitative estimate of drug-likeness (QED) is 0.849. The predicted octanol–water partition coefficient (Wildman–Crippen LogP) is 3.88. The molecule has 0 spiro atoms. The number of hydrogen-bond donors (Lipinski definition) is 1. The molecular formula is C13H15NOS2. The molecule has 2 aromatic rings. The highest BCUT2D eigenvalue weighted by atomic mass is 32.1. The van der Waals surface area contributed by atoms with Crippen molar-refractivity contribution in [2.75, 3.05) is 0 Å². The van der Waals surface area contributed by atoms with Crippen molar-refractivity contribution < 1.29 is 5.11 Å². The summed E-state index contributed by atoms with van der Waals surface area (Å²) in [4.78, 5) is 6.99. The van der Waals surface area contributed by atoms with Crippen LogP contribution in [0.5, 0.6) is 0 Å². The minimum absolute atomic E-state index is 0.160. The topological polar surface area (TPSA) is 33.1 Å². The SMILES string of the molecule is CC1(C)Cc2nc(-c3cccs3)sc2C(O)C1. The van der Waals surface area contributed by atoms with Gasteiger partial charge < -0.3 is 5.11 Å². The molecule has 0 bridgehead atoms. The van der Waals surface area contributed by atoms with Gasteiger partial charge in [0.1, 0.15) is 5.01 Å². The molecule has 90 valence electrons. The minimum atomic E-state index is -0.333. The molecule has 2 aromatic heterocycles. The van der Waals surface area contributed by atoms with Crippen molar-refractivity contribution in [3.05, 3.63) is 28.1 Å². The fourth-order valence-corrected chi connectivity index (χ4v) is 4.26. The Morgan fingerprint density at radius 1 is 1.47 bits per heavy atom. The highest BCUT2D eigenvalue weighted by molar-refractivity contribution is 7.21. The summed E-state index contributed by atoms with van der Waals surface area (Å²) in [5, 5.41) is 13.3. The van der Waals surface area contributed by atoms with Crippen LogP contribution in [0.3, 0.4) is 0 Å². The predicted molar refractivity (Wildman–Crippen MR) is 72.5 cm³/mol. The van der Waals surface area contributed by atoms with E-state index in [-0.39, 0.29) is 11.5 Å². The van der Waals surface area contributed by atoms with E-state index in [0.717, 1.165) is 28.4 Å². The van der Waals surface area contributed by atoms with Gasteiger partial charge in [-0.1, -0.05) is 19.9 Å². The second kappa shape index (κ2) is 3.90. The Labute approximate surface area is 109 Å². The molecule has 1 aliphatic carbocycles. The van der Waals surface area contributed by atoms with Gasteiger partial charge >= 0.3 is 0 Å². The van der Waals surface area contributed by atoms with Crippen LogP contribution in [0, 0.1) is 5.41 Å². The largest absolute Gasteiger partial charge is 0.387 e. The first-order chi connectivity index (χ1) is 8.05. The van der Waals surface area contributed by atoms with Crippen molar-refractivity contribution in [1.82, 2.24) is 4.98 Å². The number of aliphatic hydroxyl groups excluding tert-OH is 1. The third-order valence-electron chi connectivity index (χ3n) is 3.15. The van der Waals surface area contributed by atoms with Crippen LogP contribution in [0.2, 0.25) is 0 Å². The van der Waals surface area contributed by atoms with E-state index in [1.54, 1.807) is 22.7 Å². The van der Waals surface area contributed by atoms with E-state index in [0.29, 0.717) is 0 Å². The van der Waals surface area contributed by atoms with Crippen LogP contribution >= 0.6 is 22.7 Å². The van der Waals surface area contributed by atoms with E-state index in [1.165, 1.54) is 4.88 Å². The first-order valence-corrected chi connectivity index (χ1v) is 7.46. The van der Waals surface area contributed by atoms with Crippen molar-refractivity contribution in [2.45, 2.75) is 32.8 Å². The summed E-state index contributed by atoms with van der Waals surface area (Å²) in [7, 11) is 0. The summed E-state index contributed by atoms with van der Waals surface area (Å²) < 4.78 is 0. The lowest BCUT2D eigenvalue weighted by Crippen LogP contribution is -2.24. The first kappa shape index (κ1) is 11.4. The Morgan fingerprint density at radius 3 is 3.00 bits per heavy atom. The standard InChI is InChI=1S/C13H15NOS2/c1-13(2)6-8-11(9(15)7-13)17-12(14-8)10-4-3-5-16-10/h3-5,9,15H,6-7H2,1-2H3. The monoisotopic (exact) mass is 265 g/mol. The van der Waals surface area contributed by atoms with Gasteiger partial charge in [-0.15, -0.1) is 22.7 Å². The van der Waals surface area contributed by atoms with Gasteiger partial charge in [-0.2, -0.15) is 0 Å². The molecule has 17 heavy (non-hydrogen) atoms.